The Bertz CT molecular complexity index is 1240. The van der Waals surface area contributed by atoms with Gasteiger partial charge in [-0.25, -0.2) is 4.39 Å². The molecule has 0 unspecified atom stereocenters. The Morgan fingerprint density at radius 3 is 2.43 bits per heavy atom. The Kier molecular flexibility index (Phi) is 7.50. The molecule has 0 bridgehead atoms. The van der Waals surface area contributed by atoms with Gasteiger partial charge in [-0.05, 0) is 62.6 Å². The lowest BCUT2D eigenvalue weighted by Gasteiger charge is -2.35. The third-order valence-electron chi connectivity index (χ3n) is 6.27. The van der Waals surface area contributed by atoms with Crippen molar-refractivity contribution in [1.82, 2.24) is 29.6 Å². The van der Waals surface area contributed by atoms with Gasteiger partial charge in [0.05, 0.1) is 0 Å². The van der Waals surface area contributed by atoms with Crippen LogP contribution < -0.4 is 5.32 Å². The summed E-state index contributed by atoms with van der Waals surface area (Å²) in [4.78, 5) is 17.1. The predicted molar refractivity (Wildman–Crippen MR) is 133 cm³/mol. The Morgan fingerprint density at radius 2 is 1.74 bits per heavy atom. The monoisotopic (exact) mass is 478 g/mol. The van der Waals surface area contributed by atoms with Crippen molar-refractivity contribution in [3.05, 3.63) is 64.9 Å². The summed E-state index contributed by atoms with van der Waals surface area (Å²) in [7, 11) is 0. The standard InChI is InChI=1S/C25H31FN8O/c1-17(27)22(18(2)28-23-9-10-24-30-29-19(3)34(24)31-23)8-11-25(35)33-14-12-32(13-15-33)16-20-4-6-21(26)7-5-20/h4-7,9-10,27H,8,11-16H2,1-3H3,(H,28,31)/b22-18-,27-17?. The summed E-state index contributed by atoms with van der Waals surface area (Å²) in [6.07, 6.45) is 0.830. The molecule has 0 spiro atoms. The van der Waals surface area contributed by atoms with Crippen LogP contribution in [0.25, 0.3) is 5.65 Å². The molecule has 0 saturated carbocycles. The van der Waals surface area contributed by atoms with Crippen molar-refractivity contribution in [2.75, 3.05) is 31.5 Å². The van der Waals surface area contributed by atoms with Crippen LogP contribution in [0.3, 0.4) is 0 Å². The number of hydrogen-bond donors (Lipinski definition) is 2. The van der Waals surface area contributed by atoms with E-state index in [1.165, 1.54) is 12.1 Å². The minimum Gasteiger partial charge on any atom is -0.342 e. The van der Waals surface area contributed by atoms with Gasteiger partial charge in [-0.3, -0.25) is 9.69 Å². The Balaban J connectivity index is 1.31. The molecule has 1 fully saturated rings. The topological polar surface area (TPSA) is 103 Å². The van der Waals surface area contributed by atoms with Gasteiger partial charge in [-0.15, -0.1) is 15.3 Å². The summed E-state index contributed by atoms with van der Waals surface area (Å²) in [5.74, 6) is 1.18. The van der Waals surface area contributed by atoms with Crippen molar-refractivity contribution >= 4 is 23.1 Å². The number of piperazine rings is 1. The molecule has 3 aromatic rings. The Hall–Kier alpha value is -3.66. The number of carbonyl (C=O) groups excluding carboxylic acids is 1. The first-order valence-corrected chi connectivity index (χ1v) is 11.8. The molecule has 3 heterocycles. The molecule has 184 valence electrons. The molecule has 4 rings (SSSR count). The molecule has 2 N–H and O–H groups in total. The van der Waals surface area contributed by atoms with E-state index in [4.69, 9.17) is 5.41 Å². The number of benzene rings is 1. The molecule has 0 aliphatic carbocycles. The van der Waals surface area contributed by atoms with Gasteiger partial charge < -0.3 is 15.6 Å². The fourth-order valence-corrected chi connectivity index (χ4v) is 4.28. The van der Waals surface area contributed by atoms with E-state index in [0.29, 0.717) is 48.9 Å². The van der Waals surface area contributed by atoms with Gasteiger partial charge in [0.2, 0.25) is 5.91 Å². The lowest BCUT2D eigenvalue weighted by Crippen LogP contribution is -2.48. The smallest absolute Gasteiger partial charge is 0.222 e. The van der Waals surface area contributed by atoms with Gasteiger partial charge in [0.25, 0.3) is 0 Å². The van der Waals surface area contributed by atoms with Crippen LogP contribution in [-0.2, 0) is 11.3 Å². The number of nitrogens with one attached hydrogen (secondary N) is 2. The largest absolute Gasteiger partial charge is 0.342 e. The highest BCUT2D eigenvalue weighted by atomic mass is 19.1. The van der Waals surface area contributed by atoms with E-state index in [2.05, 4.69) is 25.5 Å². The second-order valence-electron chi connectivity index (χ2n) is 8.87. The zero-order valence-electron chi connectivity index (χ0n) is 20.4. The maximum atomic E-state index is 13.1. The number of amides is 1. The highest BCUT2D eigenvalue weighted by Crippen LogP contribution is 2.18. The lowest BCUT2D eigenvalue weighted by atomic mass is 10.0. The molecule has 1 saturated heterocycles. The SMILES string of the molecule is CC(=N)/C(CCC(=O)N1CCN(Cc2ccc(F)cc2)CC1)=C(/C)Nc1ccc2nnc(C)n2n1. The summed E-state index contributed by atoms with van der Waals surface area (Å²) in [6, 6.07) is 10.2. The van der Waals surface area contributed by atoms with Gasteiger partial charge in [0, 0.05) is 50.6 Å². The van der Waals surface area contributed by atoms with Gasteiger partial charge in [-0.1, -0.05) is 12.1 Å². The maximum absolute atomic E-state index is 13.1. The van der Waals surface area contributed by atoms with Gasteiger partial charge in [0.1, 0.15) is 5.82 Å². The zero-order chi connectivity index (χ0) is 24.9. The molecule has 1 aliphatic rings. The van der Waals surface area contributed by atoms with Crippen molar-refractivity contribution in [2.45, 2.75) is 40.2 Å². The van der Waals surface area contributed by atoms with E-state index in [0.717, 1.165) is 36.5 Å². The molecule has 1 aromatic carbocycles. The van der Waals surface area contributed by atoms with Crippen LogP contribution in [0.2, 0.25) is 0 Å². The maximum Gasteiger partial charge on any atom is 0.222 e. The predicted octanol–water partition coefficient (Wildman–Crippen LogP) is 3.42. The number of allylic oxidation sites excluding steroid dienone is 2. The first kappa shape index (κ1) is 24.5. The highest BCUT2D eigenvalue weighted by Gasteiger charge is 2.21. The van der Waals surface area contributed by atoms with Crippen LogP contribution in [0.1, 0.15) is 38.1 Å². The summed E-state index contributed by atoms with van der Waals surface area (Å²) in [5.41, 5.74) is 3.76. The molecule has 35 heavy (non-hydrogen) atoms. The molecule has 0 atom stereocenters. The highest BCUT2D eigenvalue weighted by molar-refractivity contribution is 5.97. The number of nitrogens with zero attached hydrogens (tertiary/aromatic N) is 6. The number of hydrogen-bond acceptors (Lipinski definition) is 7. The third kappa shape index (κ3) is 6.07. The molecular formula is C25H31FN8O. The van der Waals surface area contributed by atoms with Crippen molar-refractivity contribution in [1.29, 1.82) is 5.41 Å². The fourth-order valence-electron chi connectivity index (χ4n) is 4.28. The second kappa shape index (κ2) is 10.7. The normalized spacial score (nSPS) is 15.3. The van der Waals surface area contributed by atoms with Crippen LogP contribution in [0.15, 0.2) is 47.7 Å². The lowest BCUT2D eigenvalue weighted by molar-refractivity contribution is -0.132. The number of anilines is 1. The van der Waals surface area contributed by atoms with Crippen molar-refractivity contribution in [2.24, 2.45) is 0 Å². The molecular weight excluding hydrogens is 447 g/mol. The van der Waals surface area contributed by atoms with Crippen LogP contribution >= 0.6 is 0 Å². The van der Waals surface area contributed by atoms with Gasteiger partial charge in [-0.2, -0.15) is 4.52 Å². The molecule has 1 aliphatic heterocycles. The van der Waals surface area contributed by atoms with Gasteiger partial charge >= 0.3 is 0 Å². The molecule has 1 amide bonds. The van der Waals surface area contributed by atoms with Crippen molar-refractivity contribution in [3.63, 3.8) is 0 Å². The number of halogens is 1. The van der Waals surface area contributed by atoms with Gasteiger partial charge in [0.15, 0.2) is 17.3 Å². The number of rotatable bonds is 8. The van der Waals surface area contributed by atoms with Crippen molar-refractivity contribution < 1.29 is 9.18 Å². The molecule has 2 aromatic heterocycles. The van der Waals surface area contributed by atoms with E-state index in [1.54, 1.807) is 23.6 Å². The van der Waals surface area contributed by atoms with Crippen LogP contribution in [0.4, 0.5) is 10.2 Å². The number of carbonyl (C=O) groups is 1. The Morgan fingerprint density at radius 1 is 1.03 bits per heavy atom. The summed E-state index contributed by atoms with van der Waals surface area (Å²) >= 11 is 0. The van der Waals surface area contributed by atoms with Crippen LogP contribution in [0, 0.1) is 18.2 Å². The first-order chi connectivity index (χ1) is 16.8. The third-order valence-corrected chi connectivity index (χ3v) is 6.27. The molecule has 10 heteroatoms. The average molecular weight is 479 g/mol. The van der Waals surface area contributed by atoms with Crippen LogP contribution in [0.5, 0.6) is 0 Å². The van der Waals surface area contributed by atoms with E-state index in [1.807, 2.05) is 30.9 Å². The fraction of sp³-hybridized carbons (Fsp3) is 0.400. The van der Waals surface area contributed by atoms with Crippen molar-refractivity contribution in [3.8, 4) is 0 Å². The number of aromatic nitrogens is 4. The molecule has 0 radical (unpaired) electrons. The second-order valence-corrected chi connectivity index (χ2v) is 8.87. The van der Waals surface area contributed by atoms with E-state index >= 15 is 0 Å². The minimum absolute atomic E-state index is 0.0950. The summed E-state index contributed by atoms with van der Waals surface area (Å²) in [5, 5.41) is 24.1. The van der Waals surface area contributed by atoms with E-state index in [9.17, 15) is 9.18 Å². The Labute approximate surface area is 204 Å². The van der Waals surface area contributed by atoms with Crippen LogP contribution in [-0.4, -0.2) is 67.4 Å². The zero-order valence-corrected chi connectivity index (χ0v) is 20.4. The van der Waals surface area contributed by atoms with E-state index in [-0.39, 0.29) is 11.7 Å². The first-order valence-electron chi connectivity index (χ1n) is 11.8. The number of aryl methyl sites for hydroxylation is 1. The summed E-state index contributed by atoms with van der Waals surface area (Å²) < 4.78 is 14.8. The average Bonchev–Trinajstić information content (AvgIpc) is 3.21. The van der Waals surface area contributed by atoms with E-state index < -0.39 is 0 Å². The summed E-state index contributed by atoms with van der Waals surface area (Å²) in [6.45, 7) is 9.13. The number of fused-ring (bicyclic) bond motifs is 1. The minimum atomic E-state index is -0.230. The molecule has 9 nitrogen and oxygen atoms in total. The quantitative estimate of drug-likeness (QED) is 0.481.